The Morgan fingerprint density at radius 2 is 1.62 bits per heavy atom. The first-order chi connectivity index (χ1) is 13.8. The van der Waals surface area contributed by atoms with Crippen molar-refractivity contribution in [2.24, 2.45) is 0 Å². The Hall–Kier alpha value is -1.50. The van der Waals surface area contributed by atoms with Gasteiger partial charge >= 0.3 is 0 Å². The minimum atomic E-state index is -0.551. The lowest BCUT2D eigenvalue weighted by Crippen LogP contribution is -2.49. The summed E-state index contributed by atoms with van der Waals surface area (Å²) in [5.41, 5.74) is 2.09. The van der Waals surface area contributed by atoms with E-state index in [-0.39, 0.29) is 17.9 Å². The Morgan fingerprint density at radius 3 is 2.21 bits per heavy atom. The zero-order chi connectivity index (χ0) is 21.4. The normalized spacial score (nSPS) is 11.9. The van der Waals surface area contributed by atoms with Gasteiger partial charge in [0.1, 0.15) is 6.04 Å². The second kappa shape index (κ2) is 11.6. The van der Waals surface area contributed by atoms with Gasteiger partial charge in [0, 0.05) is 27.8 Å². The van der Waals surface area contributed by atoms with E-state index < -0.39 is 6.04 Å². The van der Waals surface area contributed by atoms with Crippen molar-refractivity contribution in [1.82, 2.24) is 10.2 Å². The number of hydrogen-bond acceptors (Lipinski definition) is 3. The van der Waals surface area contributed by atoms with Gasteiger partial charge in [0.2, 0.25) is 11.8 Å². The van der Waals surface area contributed by atoms with Crippen molar-refractivity contribution in [3.63, 3.8) is 0 Å². The zero-order valence-corrected chi connectivity index (χ0v) is 20.0. The van der Waals surface area contributed by atoms with Gasteiger partial charge in [-0.2, -0.15) is 0 Å². The highest BCUT2D eigenvalue weighted by atomic mass is 79.9. The van der Waals surface area contributed by atoms with Gasteiger partial charge in [-0.25, -0.2) is 0 Å². The summed E-state index contributed by atoms with van der Waals surface area (Å²) in [6.07, 6.45) is 0. The van der Waals surface area contributed by atoms with Crippen LogP contribution in [0.2, 0.25) is 5.02 Å². The molecule has 2 aromatic carbocycles. The molecule has 0 saturated carbocycles. The maximum absolute atomic E-state index is 13.0. The molecule has 2 amide bonds. The summed E-state index contributed by atoms with van der Waals surface area (Å²) in [5, 5.41) is 3.60. The third kappa shape index (κ3) is 8.03. The number of carbonyl (C=O) groups is 2. The van der Waals surface area contributed by atoms with Crippen LogP contribution in [0, 0.1) is 0 Å². The van der Waals surface area contributed by atoms with E-state index in [1.54, 1.807) is 11.8 Å². The minimum Gasteiger partial charge on any atom is -0.352 e. The van der Waals surface area contributed by atoms with Gasteiger partial charge < -0.3 is 10.2 Å². The first-order valence-corrected chi connectivity index (χ1v) is 11.8. The van der Waals surface area contributed by atoms with Crippen molar-refractivity contribution in [2.75, 3.05) is 5.75 Å². The summed E-state index contributed by atoms with van der Waals surface area (Å²) in [4.78, 5) is 27.2. The molecule has 1 atom stereocenters. The predicted molar refractivity (Wildman–Crippen MR) is 125 cm³/mol. The maximum Gasteiger partial charge on any atom is 0.242 e. The Labute approximate surface area is 190 Å². The van der Waals surface area contributed by atoms with Crippen LogP contribution in [0.3, 0.4) is 0 Å². The summed E-state index contributed by atoms with van der Waals surface area (Å²) in [6, 6.07) is 14.9. The monoisotopic (exact) mass is 496 g/mol. The molecule has 2 rings (SSSR count). The van der Waals surface area contributed by atoms with Crippen molar-refractivity contribution >= 4 is 51.1 Å². The molecule has 2 aromatic rings. The van der Waals surface area contributed by atoms with Gasteiger partial charge in [0.25, 0.3) is 0 Å². The second-order valence-corrected chi connectivity index (χ2v) is 9.44. The molecule has 0 aliphatic rings. The average molecular weight is 498 g/mol. The number of benzene rings is 2. The van der Waals surface area contributed by atoms with Gasteiger partial charge in [0.15, 0.2) is 0 Å². The van der Waals surface area contributed by atoms with Crippen LogP contribution in [0.4, 0.5) is 0 Å². The maximum atomic E-state index is 13.0. The van der Waals surface area contributed by atoms with Crippen LogP contribution in [0.25, 0.3) is 0 Å². The lowest BCUT2D eigenvalue weighted by Gasteiger charge is -2.29. The molecule has 1 N–H and O–H groups in total. The van der Waals surface area contributed by atoms with Gasteiger partial charge in [-0.1, -0.05) is 51.8 Å². The number of carbonyl (C=O) groups excluding carboxylic acids is 2. The zero-order valence-electron chi connectivity index (χ0n) is 16.8. The van der Waals surface area contributed by atoms with Gasteiger partial charge in [-0.05, 0) is 56.2 Å². The Kier molecular flexibility index (Phi) is 9.53. The van der Waals surface area contributed by atoms with E-state index in [1.165, 1.54) is 11.8 Å². The Balaban J connectivity index is 2.05. The topological polar surface area (TPSA) is 49.4 Å². The predicted octanol–water partition coefficient (Wildman–Crippen LogP) is 5.28. The lowest BCUT2D eigenvalue weighted by molar-refractivity contribution is -0.138. The van der Waals surface area contributed by atoms with Crippen LogP contribution in [-0.4, -0.2) is 34.6 Å². The molecule has 0 bridgehead atoms. The molecule has 0 aromatic heterocycles. The van der Waals surface area contributed by atoms with Crippen molar-refractivity contribution in [3.05, 3.63) is 69.2 Å². The summed E-state index contributed by atoms with van der Waals surface area (Å²) in [6.45, 7) is 5.99. The molecule has 0 radical (unpaired) electrons. The lowest BCUT2D eigenvalue weighted by atomic mass is 10.1. The van der Waals surface area contributed by atoms with E-state index in [2.05, 4.69) is 21.2 Å². The fourth-order valence-electron chi connectivity index (χ4n) is 2.69. The number of thioether (sulfide) groups is 1. The number of halogens is 2. The quantitative estimate of drug-likeness (QED) is 0.513. The fourth-order valence-corrected chi connectivity index (χ4v) is 3.95. The molecule has 0 aliphatic heterocycles. The van der Waals surface area contributed by atoms with Crippen molar-refractivity contribution < 1.29 is 9.59 Å². The molecule has 156 valence electrons. The largest absolute Gasteiger partial charge is 0.352 e. The number of nitrogens with zero attached hydrogens (tertiary/aromatic N) is 1. The van der Waals surface area contributed by atoms with E-state index in [0.717, 1.165) is 15.6 Å². The highest BCUT2D eigenvalue weighted by Gasteiger charge is 2.26. The molecule has 0 aliphatic carbocycles. The van der Waals surface area contributed by atoms with Crippen molar-refractivity contribution in [2.45, 2.75) is 45.2 Å². The van der Waals surface area contributed by atoms with E-state index in [0.29, 0.717) is 23.1 Å². The van der Waals surface area contributed by atoms with Crippen molar-refractivity contribution in [3.8, 4) is 0 Å². The smallest absolute Gasteiger partial charge is 0.242 e. The fraction of sp³-hybridized carbons (Fsp3) is 0.364. The first kappa shape index (κ1) is 23.8. The number of rotatable bonds is 9. The molecule has 4 nitrogen and oxygen atoms in total. The van der Waals surface area contributed by atoms with E-state index in [4.69, 9.17) is 11.6 Å². The highest BCUT2D eigenvalue weighted by molar-refractivity contribution is 9.10. The van der Waals surface area contributed by atoms with Crippen LogP contribution in [0.5, 0.6) is 0 Å². The average Bonchev–Trinajstić information content (AvgIpc) is 2.68. The van der Waals surface area contributed by atoms with Crippen LogP contribution < -0.4 is 5.32 Å². The van der Waals surface area contributed by atoms with Crippen LogP contribution >= 0.6 is 39.3 Å². The molecular formula is C22H26BrClN2O2S. The van der Waals surface area contributed by atoms with E-state index >= 15 is 0 Å². The first-order valence-electron chi connectivity index (χ1n) is 9.42. The molecule has 0 spiro atoms. The third-order valence-corrected chi connectivity index (χ3v) is 6.04. The Bertz CT molecular complexity index is 813. The van der Waals surface area contributed by atoms with E-state index in [9.17, 15) is 9.59 Å². The molecular weight excluding hydrogens is 472 g/mol. The summed E-state index contributed by atoms with van der Waals surface area (Å²) < 4.78 is 0.975. The van der Waals surface area contributed by atoms with E-state index in [1.807, 2.05) is 62.4 Å². The van der Waals surface area contributed by atoms with Crippen LogP contribution in [-0.2, 0) is 21.9 Å². The minimum absolute atomic E-state index is 0.0221. The summed E-state index contributed by atoms with van der Waals surface area (Å²) in [7, 11) is 0. The van der Waals surface area contributed by atoms with Crippen LogP contribution in [0.15, 0.2) is 53.0 Å². The Morgan fingerprint density at radius 1 is 1.03 bits per heavy atom. The molecule has 29 heavy (non-hydrogen) atoms. The molecule has 7 heteroatoms. The number of nitrogens with one attached hydrogen (secondary N) is 1. The highest BCUT2D eigenvalue weighted by Crippen LogP contribution is 2.18. The molecule has 0 fully saturated rings. The van der Waals surface area contributed by atoms with Crippen molar-refractivity contribution in [1.29, 1.82) is 0 Å². The number of amides is 2. The van der Waals surface area contributed by atoms with Crippen LogP contribution in [0.1, 0.15) is 31.9 Å². The van der Waals surface area contributed by atoms with Gasteiger partial charge in [0.05, 0.1) is 5.75 Å². The number of hydrogen-bond donors (Lipinski definition) is 1. The van der Waals surface area contributed by atoms with Gasteiger partial charge in [-0.15, -0.1) is 11.8 Å². The molecule has 1 unspecified atom stereocenters. The molecule has 0 heterocycles. The molecule has 0 saturated heterocycles. The SMILES string of the molecule is CC(C)NC(=O)C(C)N(Cc1ccc(Br)cc1)C(=O)CSCc1ccc(Cl)cc1. The standard InChI is InChI=1S/C22H26BrClN2O2S/c1-15(2)25-22(28)16(3)26(12-17-4-8-19(23)9-5-17)21(27)14-29-13-18-6-10-20(24)11-7-18/h4-11,15-16H,12-14H2,1-3H3,(H,25,28). The summed E-state index contributed by atoms with van der Waals surface area (Å²) in [5.74, 6) is 0.812. The summed E-state index contributed by atoms with van der Waals surface area (Å²) >= 11 is 10.9. The van der Waals surface area contributed by atoms with Gasteiger partial charge in [-0.3, -0.25) is 9.59 Å². The second-order valence-electron chi connectivity index (χ2n) is 7.11. The third-order valence-electron chi connectivity index (χ3n) is 4.27.